The lowest BCUT2D eigenvalue weighted by atomic mass is 10.4. The van der Waals surface area contributed by atoms with Crippen LogP contribution in [-0.2, 0) is 13.6 Å². The fraction of sp³-hybridized carbons (Fsp3) is 0.333. The van der Waals surface area contributed by atoms with Crippen molar-refractivity contribution in [2.24, 2.45) is 7.05 Å². The van der Waals surface area contributed by atoms with Gasteiger partial charge < -0.3 is 5.73 Å². The molecule has 0 amide bonds. The van der Waals surface area contributed by atoms with Crippen molar-refractivity contribution >= 4 is 17.4 Å². The summed E-state index contributed by atoms with van der Waals surface area (Å²) in [6.07, 6.45) is 1.74. The van der Waals surface area contributed by atoms with E-state index in [1.807, 2.05) is 20.0 Å². The van der Waals surface area contributed by atoms with E-state index in [9.17, 15) is 0 Å². The van der Waals surface area contributed by atoms with E-state index in [1.54, 1.807) is 15.6 Å². The van der Waals surface area contributed by atoms with Crippen LogP contribution >= 0.6 is 11.6 Å². The van der Waals surface area contributed by atoms with Gasteiger partial charge in [0, 0.05) is 13.2 Å². The van der Waals surface area contributed by atoms with Crippen molar-refractivity contribution in [2.75, 3.05) is 5.73 Å². The third-order valence-corrected chi connectivity index (χ3v) is 2.79. The number of anilines is 1. The Hall–Kier alpha value is -1.49. The average Bonchev–Trinajstić information content (AvgIpc) is 2.69. The maximum atomic E-state index is 5.95. The lowest BCUT2D eigenvalue weighted by Gasteiger charge is -2.04. The molecule has 0 unspecified atom stereocenters. The van der Waals surface area contributed by atoms with Gasteiger partial charge in [0.1, 0.15) is 10.8 Å². The molecule has 2 N–H and O–H groups in total. The first-order valence-electron chi connectivity index (χ1n) is 4.55. The van der Waals surface area contributed by atoms with E-state index in [1.165, 1.54) is 0 Å². The largest absolute Gasteiger partial charge is 0.383 e. The van der Waals surface area contributed by atoms with E-state index in [2.05, 4.69) is 10.2 Å². The van der Waals surface area contributed by atoms with Crippen LogP contribution < -0.4 is 5.73 Å². The minimum absolute atomic E-state index is 0.496. The zero-order valence-corrected chi connectivity index (χ0v) is 9.36. The van der Waals surface area contributed by atoms with Gasteiger partial charge in [0.15, 0.2) is 0 Å². The minimum Gasteiger partial charge on any atom is -0.383 e. The highest BCUT2D eigenvalue weighted by Gasteiger charge is 2.11. The molecule has 0 saturated heterocycles. The van der Waals surface area contributed by atoms with Gasteiger partial charge >= 0.3 is 0 Å². The van der Waals surface area contributed by atoms with E-state index in [4.69, 9.17) is 17.3 Å². The molecule has 0 fully saturated rings. The van der Waals surface area contributed by atoms with Crippen LogP contribution in [0.4, 0.5) is 5.82 Å². The molecule has 0 radical (unpaired) electrons. The van der Waals surface area contributed by atoms with E-state index in [0.717, 1.165) is 11.4 Å². The summed E-state index contributed by atoms with van der Waals surface area (Å²) >= 11 is 5.95. The van der Waals surface area contributed by atoms with Gasteiger partial charge in [0.2, 0.25) is 0 Å². The Morgan fingerprint density at radius 1 is 1.53 bits per heavy atom. The standard InChI is InChI=1S/C9H12ClN5/c1-6-8(10)9(11)15(13-6)5-7-3-4-12-14(7)2/h3-4H,5,11H2,1-2H3. The fourth-order valence-electron chi connectivity index (χ4n) is 1.41. The van der Waals surface area contributed by atoms with Crippen LogP contribution in [0.3, 0.4) is 0 Å². The Morgan fingerprint density at radius 3 is 2.73 bits per heavy atom. The summed E-state index contributed by atoms with van der Waals surface area (Å²) in [6.45, 7) is 2.41. The number of nitrogens with two attached hydrogens (primary N) is 1. The predicted octanol–water partition coefficient (Wildman–Crippen LogP) is 1.21. The average molecular weight is 226 g/mol. The van der Waals surface area contributed by atoms with Crippen molar-refractivity contribution in [1.29, 1.82) is 0 Å². The number of rotatable bonds is 2. The first-order valence-corrected chi connectivity index (χ1v) is 4.92. The van der Waals surface area contributed by atoms with Gasteiger partial charge in [0.25, 0.3) is 0 Å². The molecule has 0 aliphatic carbocycles. The van der Waals surface area contributed by atoms with Gasteiger partial charge in [-0.2, -0.15) is 10.2 Å². The molecule has 5 nitrogen and oxygen atoms in total. The molecule has 2 rings (SSSR count). The summed E-state index contributed by atoms with van der Waals surface area (Å²) in [6, 6.07) is 1.92. The summed E-state index contributed by atoms with van der Waals surface area (Å²) in [5, 5.41) is 8.84. The molecule has 0 bridgehead atoms. The van der Waals surface area contributed by atoms with Gasteiger partial charge in [-0.1, -0.05) is 11.6 Å². The molecule has 2 aromatic rings. The molecule has 0 saturated carbocycles. The molecule has 2 aromatic heterocycles. The molecule has 0 spiro atoms. The smallest absolute Gasteiger partial charge is 0.141 e. The molecule has 80 valence electrons. The number of hydrogen-bond acceptors (Lipinski definition) is 3. The van der Waals surface area contributed by atoms with Crippen molar-refractivity contribution in [3.05, 3.63) is 28.7 Å². The van der Waals surface area contributed by atoms with Crippen molar-refractivity contribution in [2.45, 2.75) is 13.5 Å². The Balaban J connectivity index is 2.33. The zero-order valence-electron chi connectivity index (χ0n) is 8.61. The Kier molecular flexibility index (Phi) is 2.40. The van der Waals surface area contributed by atoms with Crippen molar-refractivity contribution in [3.63, 3.8) is 0 Å². The number of aryl methyl sites for hydroxylation is 2. The van der Waals surface area contributed by atoms with Crippen molar-refractivity contribution in [3.8, 4) is 0 Å². The summed E-state index contributed by atoms with van der Waals surface area (Å²) in [7, 11) is 1.88. The molecule has 15 heavy (non-hydrogen) atoms. The summed E-state index contributed by atoms with van der Waals surface area (Å²) in [4.78, 5) is 0. The quantitative estimate of drug-likeness (QED) is 0.836. The van der Waals surface area contributed by atoms with E-state index >= 15 is 0 Å². The molecule has 0 aliphatic rings. The number of hydrogen-bond donors (Lipinski definition) is 1. The molecule has 0 atom stereocenters. The van der Waals surface area contributed by atoms with Crippen molar-refractivity contribution < 1.29 is 0 Å². The van der Waals surface area contributed by atoms with Crippen LogP contribution in [0.15, 0.2) is 12.3 Å². The fourth-order valence-corrected chi connectivity index (χ4v) is 1.54. The van der Waals surface area contributed by atoms with Crippen molar-refractivity contribution in [1.82, 2.24) is 19.6 Å². The molecule has 2 heterocycles. The second kappa shape index (κ2) is 3.58. The van der Waals surface area contributed by atoms with Crippen LogP contribution in [0.5, 0.6) is 0 Å². The highest BCUT2D eigenvalue weighted by atomic mass is 35.5. The molecule has 0 aliphatic heterocycles. The summed E-state index contributed by atoms with van der Waals surface area (Å²) in [5.74, 6) is 0.496. The second-order valence-electron chi connectivity index (χ2n) is 3.39. The molecule has 0 aromatic carbocycles. The first kappa shape index (κ1) is 10.0. The van der Waals surface area contributed by atoms with Gasteiger partial charge in [0.05, 0.1) is 17.9 Å². The second-order valence-corrected chi connectivity index (χ2v) is 3.77. The predicted molar refractivity (Wildman–Crippen MR) is 58.7 cm³/mol. The van der Waals surface area contributed by atoms with Crippen LogP contribution in [0.1, 0.15) is 11.4 Å². The number of halogens is 1. The van der Waals surface area contributed by atoms with Gasteiger partial charge in [-0.25, -0.2) is 4.68 Å². The highest BCUT2D eigenvalue weighted by Crippen LogP contribution is 2.22. The SMILES string of the molecule is Cc1nn(Cc2ccnn2C)c(N)c1Cl. The topological polar surface area (TPSA) is 61.7 Å². The molecular formula is C9H12ClN5. The van der Waals surface area contributed by atoms with Crippen LogP contribution in [0.25, 0.3) is 0 Å². The monoisotopic (exact) mass is 225 g/mol. The Bertz CT molecular complexity index is 485. The number of aromatic nitrogens is 4. The van der Waals surface area contributed by atoms with Crippen LogP contribution in [-0.4, -0.2) is 19.6 Å². The number of nitrogens with zero attached hydrogens (tertiary/aromatic N) is 4. The van der Waals surface area contributed by atoms with Crippen LogP contribution in [0, 0.1) is 6.92 Å². The Morgan fingerprint density at radius 2 is 2.27 bits per heavy atom. The molecular weight excluding hydrogens is 214 g/mol. The Labute approximate surface area is 92.4 Å². The van der Waals surface area contributed by atoms with E-state index in [-0.39, 0.29) is 0 Å². The van der Waals surface area contributed by atoms with E-state index in [0.29, 0.717) is 17.4 Å². The van der Waals surface area contributed by atoms with Gasteiger partial charge in [-0.15, -0.1) is 0 Å². The first-order chi connectivity index (χ1) is 7.09. The van der Waals surface area contributed by atoms with Crippen LogP contribution in [0.2, 0.25) is 5.02 Å². The normalized spacial score (nSPS) is 10.9. The minimum atomic E-state index is 0.496. The van der Waals surface area contributed by atoms with Gasteiger partial charge in [-0.05, 0) is 13.0 Å². The third kappa shape index (κ3) is 1.70. The molecule has 6 heteroatoms. The van der Waals surface area contributed by atoms with Gasteiger partial charge in [-0.3, -0.25) is 4.68 Å². The number of nitrogen functional groups attached to an aromatic ring is 1. The maximum Gasteiger partial charge on any atom is 0.141 e. The van der Waals surface area contributed by atoms with E-state index < -0.39 is 0 Å². The highest BCUT2D eigenvalue weighted by molar-refractivity contribution is 6.33. The zero-order chi connectivity index (χ0) is 11.0. The lowest BCUT2D eigenvalue weighted by Crippen LogP contribution is -2.09. The summed E-state index contributed by atoms with van der Waals surface area (Å²) in [5.41, 5.74) is 7.58. The maximum absolute atomic E-state index is 5.95. The third-order valence-electron chi connectivity index (χ3n) is 2.33. The summed E-state index contributed by atoms with van der Waals surface area (Å²) < 4.78 is 3.46. The lowest BCUT2D eigenvalue weighted by molar-refractivity contribution is 0.622.